The molecule has 1 aromatic carbocycles. The predicted octanol–water partition coefficient (Wildman–Crippen LogP) is 5.78. The normalized spacial score (nSPS) is 13.1. The Morgan fingerprint density at radius 1 is 1.21 bits per heavy atom. The third kappa shape index (κ3) is 3.69. The predicted molar refractivity (Wildman–Crippen MR) is 111 cm³/mol. The molecule has 6 nitrogen and oxygen atoms in total. The molecule has 0 saturated heterocycles. The van der Waals surface area contributed by atoms with Crippen LogP contribution >= 0.6 is 11.6 Å². The van der Waals surface area contributed by atoms with Crippen LogP contribution in [0.25, 0.3) is 5.65 Å². The summed E-state index contributed by atoms with van der Waals surface area (Å²) in [5, 5.41) is 14.9. The number of anilines is 1. The summed E-state index contributed by atoms with van der Waals surface area (Å²) in [7, 11) is 0. The molecule has 2 heterocycles. The summed E-state index contributed by atoms with van der Waals surface area (Å²) >= 11 is 6.30. The van der Waals surface area contributed by atoms with Crippen LogP contribution in [-0.4, -0.2) is 25.8 Å². The van der Waals surface area contributed by atoms with Crippen molar-refractivity contribution in [2.45, 2.75) is 46.6 Å². The number of amides is 1. The van der Waals surface area contributed by atoms with Gasteiger partial charge in [-0.2, -0.15) is 9.61 Å². The van der Waals surface area contributed by atoms with Gasteiger partial charge in [-0.25, -0.2) is 9.78 Å². The third-order valence-electron chi connectivity index (χ3n) is 4.72. The summed E-state index contributed by atoms with van der Waals surface area (Å²) in [6.45, 7) is 10.1. The quantitative estimate of drug-likeness (QED) is 0.563. The Balaban J connectivity index is 2.29. The maximum absolute atomic E-state index is 12.5. The molecule has 3 rings (SSSR count). The van der Waals surface area contributed by atoms with Gasteiger partial charge in [-0.05, 0) is 16.9 Å². The van der Waals surface area contributed by atoms with Crippen molar-refractivity contribution in [1.29, 1.82) is 0 Å². The minimum atomic E-state index is -1.08. The van der Waals surface area contributed by atoms with Gasteiger partial charge in [0.25, 0.3) is 0 Å². The van der Waals surface area contributed by atoms with Gasteiger partial charge in [-0.15, -0.1) is 0 Å². The van der Waals surface area contributed by atoms with Gasteiger partial charge in [0.1, 0.15) is 11.0 Å². The van der Waals surface area contributed by atoms with Crippen LogP contribution in [0.3, 0.4) is 0 Å². The first-order valence-corrected chi connectivity index (χ1v) is 9.60. The number of hydrogen-bond donors (Lipinski definition) is 1. The molecule has 0 aliphatic carbocycles. The molecule has 148 valence electrons. The Morgan fingerprint density at radius 2 is 1.86 bits per heavy atom. The molecule has 0 aliphatic heterocycles. The summed E-state index contributed by atoms with van der Waals surface area (Å²) in [6.07, 6.45) is 0.649. The minimum absolute atomic E-state index is 0.183. The van der Waals surface area contributed by atoms with Crippen LogP contribution in [0.5, 0.6) is 0 Å². The summed E-state index contributed by atoms with van der Waals surface area (Å²) in [5.41, 5.74) is 2.01. The van der Waals surface area contributed by atoms with Crippen LogP contribution in [0.15, 0.2) is 42.6 Å². The minimum Gasteiger partial charge on any atom is -0.465 e. The zero-order valence-electron chi connectivity index (χ0n) is 16.7. The van der Waals surface area contributed by atoms with E-state index in [0.717, 1.165) is 11.1 Å². The number of carboxylic acid groups (broad SMARTS) is 1. The van der Waals surface area contributed by atoms with Crippen LogP contribution in [0.1, 0.15) is 57.7 Å². The van der Waals surface area contributed by atoms with E-state index in [9.17, 15) is 9.90 Å². The molecule has 2 aromatic heterocycles. The highest BCUT2D eigenvalue weighted by atomic mass is 35.5. The Kier molecular flexibility index (Phi) is 5.35. The van der Waals surface area contributed by atoms with E-state index in [2.05, 4.69) is 10.1 Å². The number of carbonyl (C=O) groups is 1. The highest BCUT2D eigenvalue weighted by molar-refractivity contribution is 6.29. The van der Waals surface area contributed by atoms with Crippen molar-refractivity contribution < 1.29 is 9.90 Å². The fraction of sp³-hybridized carbons (Fsp3) is 0.381. The molecule has 0 fully saturated rings. The second-order valence-electron chi connectivity index (χ2n) is 8.26. The lowest BCUT2D eigenvalue weighted by Crippen LogP contribution is -2.41. The smallest absolute Gasteiger partial charge is 0.413 e. The van der Waals surface area contributed by atoms with Crippen LogP contribution in [-0.2, 0) is 0 Å². The van der Waals surface area contributed by atoms with Crippen molar-refractivity contribution in [1.82, 2.24) is 14.6 Å². The lowest BCUT2D eigenvalue weighted by atomic mass is 9.81. The lowest BCUT2D eigenvalue weighted by Gasteiger charge is -2.38. The van der Waals surface area contributed by atoms with Gasteiger partial charge in [-0.1, -0.05) is 76.6 Å². The number of fused-ring (bicyclic) bond motifs is 1. The molecule has 3 aromatic rings. The SMILES string of the molecule is CC(C)c1cnn2c(N(C(=O)O)C(c3ccccc3)C(C)(C)C)cc(Cl)nc12. The molecular weight excluding hydrogens is 376 g/mol. The molecule has 1 amide bonds. The molecule has 0 aliphatic rings. The van der Waals surface area contributed by atoms with Gasteiger partial charge in [-0.3, -0.25) is 4.90 Å². The fourth-order valence-corrected chi connectivity index (χ4v) is 3.70. The topological polar surface area (TPSA) is 70.7 Å². The van der Waals surface area contributed by atoms with Crippen molar-refractivity contribution in [3.63, 3.8) is 0 Å². The maximum Gasteiger partial charge on any atom is 0.413 e. The summed E-state index contributed by atoms with van der Waals surface area (Å²) in [5.74, 6) is 0.556. The van der Waals surface area contributed by atoms with Crippen LogP contribution in [0.2, 0.25) is 5.15 Å². The Labute approximate surface area is 169 Å². The van der Waals surface area contributed by atoms with Gasteiger partial charge in [0.15, 0.2) is 5.65 Å². The fourth-order valence-electron chi connectivity index (χ4n) is 3.53. The second-order valence-corrected chi connectivity index (χ2v) is 8.65. The number of halogens is 1. The average Bonchev–Trinajstić information content (AvgIpc) is 3.02. The van der Waals surface area contributed by atoms with Crippen molar-refractivity contribution in [2.75, 3.05) is 4.90 Å². The highest BCUT2D eigenvalue weighted by Gasteiger charge is 2.37. The zero-order chi connectivity index (χ0) is 20.6. The van der Waals surface area contributed by atoms with E-state index in [1.807, 2.05) is 65.0 Å². The highest BCUT2D eigenvalue weighted by Crippen LogP contribution is 2.41. The van der Waals surface area contributed by atoms with E-state index in [4.69, 9.17) is 11.6 Å². The van der Waals surface area contributed by atoms with E-state index in [1.54, 1.807) is 16.8 Å². The largest absolute Gasteiger partial charge is 0.465 e. The molecule has 7 heteroatoms. The van der Waals surface area contributed by atoms with Crippen LogP contribution in [0, 0.1) is 5.41 Å². The van der Waals surface area contributed by atoms with Crippen molar-refractivity contribution in [2.24, 2.45) is 5.41 Å². The lowest BCUT2D eigenvalue weighted by molar-refractivity contribution is 0.188. The molecule has 1 N–H and O–H groups in total. The molecule has 1 unspecified atom stereocenters. The van der Waals surface area contributed by atoms with Crippen molar-refractivity contribution in [3.05, 3.63) is 58.9 Å². The summed E-state index contributed by atoms with van der Waals surface area (Å²) < 4.78 is 1.57. The van der Waals surface area contributed by atoms with E-state index in [1.165, 1.54) is 4.90 Å². The Morgan fingerprint density at radius 3 is 2.39 bits per heavy atom. The second kappa shape index (κ2) is 7.43. The van der Waals surface area contributed by atoms with Crippen molar-refractivity contribution in [3.8, 4) is 0 Å². The summed E-state index contributed by atoms with van der Waals surface area (Å²) in [6, 6.07) is 10.7. The third-order valence-corrected chi connectivity index (χ3v) is 4.91. The number of nitrogens with zero attached hydrogens (tertiary/aromatic N) is 4. The first-order chi connectivity index (χ1) is 13.1. The number of rotatable bonds is 4. The zero-order valence-corrected chi connectivity index (χ0v) is 17.5. The van der Waals surface area contributed by atoms with Gasteiger partial charge in [0.05, 0.1) is 12.2 Å². The van der Waals surface area contributed by atoms with Gasteiger partial charge >= 0.3 is 6.09 Å². The monoisotopic (exact) mass is 400 g/mol. The molecular formula is C21H25ClN4O2. The maximum atomic E-state index is 12.5. The standard InChI is InChI=1S/C21H25ClN4O2/c1-13(2)15-12-23-26-17(11-16(22)24-19(15)26)25(20(27)28)18(21(3,4)5)14-9-7-6-8-10-14/h6-13,18H,1-5H3,(H,27,28). The van der Waals surface area contributed by atoms with E-state index in [0.29, 0.717) is 11.5 Å². The number of aromatic nitrogens is 3. The number of hydrogen-bond acceptors (Lipinski definition) is 3. The number of benzene rings is 1. The van der Waals surface area contributed by atoms with Gasteiger partial charge in [0, 0.05) is 11.6 Å². The molecule has 0 radical (unpaired) electrons. The first-order valence-electron chi connectivity index (χ1n) is 9.22. The van der Waals surface area contributed by atoms with Gasteiger partial charge < -0.3 is 5.11 Å². The first kappa shape index (κ1) is 20.1. The Bertz CT molecular complexity index is 993. The Hall–Kier alpha value is -2.60. The van der Waals surface area contributed by atoms with E-state index >= 15 is 0 Å². The average molecular weight is 401 g/mol. The van der Waals surface area contributed by atoms with E-state index in [-0.39, 0.29) is 16.5 Å². The molecule has 0 saturated carbocycles. The van der Waals surface area contributed by atoms with Gasteiger partial charge in [0.2, 0.25) is 0 Å². The molecule has 1 atom stereocenters. The molecule has 0 bridgehead atoms. The summed E-state index contributed by atoms with van der Waals surface area (Å²) in [4.78, 5) is 18.2. The van der Waals surface area contributed by atoms with Crippen molar-refractivity contribution >= 4 is 29.2 Å². The van der Waals surface area contributed by atoms with Crippen LogP contribution < -0.4 is 4.90 Å². The molecule has 28 heavy (non-hydrogen) atoms. The van der Waals surface area contributed by atoms with E-state index < -0.39 is 12.1 Å². The van der Waals surface area contributed by atoms with Crippen LogP contribution in [0.4, 0.5) is 10.6 Å². The molecule has 0 spiro atoms.